The molecule has 3 unspecified atom stereocenters. The Morgan fingerprint density at radius 2 is 0.554 bits per heavy atom. The second-order valence-electron chi connectivity index (χ2n) is 27.1. The highest BCUT2D eigenvalue weighted by Crippen LogP contribution is 2.45. The highest BCUT2D eigenvalue weighted by Gasteiger charge is 2.30. The fraction of sp³-hybridized carbons (Fsp3) is 0.945. The molecule has 546 valence electrons. The van der Waals surface area contributed by atoms with Gasteiger partial charge < -0.3 is 33.8 Å². The Morgan fingerprint density at radius 1 is 0.315 bits per heavy atom. The maximum Gasteiger partial charge on any atom is 0.472 e. The van der Waals surface area contributed by atoms with Gasteiger partial charge in [-0.15, -0.1) is 0 Å². The molecule has 0 saturated carbocycles. The van der Waals surface area contributed by atoms with E-state index >= 15 is 0 Å². The van der Waals surface area contributed by atoms with Crippen molar-refractivity contribution in [2.24, 2.45) is 11.8 Å². The van der Waals surface area contributed by atoms with E-state index in [1.54, 1.807) is 0 Å². The Bertz CT molecular complexity index is 1790. The molecule has 0 spiro atoms. The fourth-order valence-electron chi connectivity index (χ4n) is 11.1. The Kier molecular flexibility index (Phi) is 63.7. The zero-order valence-electron chi connectivity index (χ0n) is 59.9. The maximum absolute atomic E-state index is 13.1. The van der Waals surface area contributed by atoms with Crippen molar-refractivity contribution in [3.05, 3.63) is 0 Å². The number of ether oxygens (including phenoxy) is 4. The van der Waals surface area contributed by atoms with Crippen molar-refractivity contribution in [1.29, 1.82) is 0 Å². The number of phosphoric ester groups is 2. The number of phosphoric acid groups is 2. The van der Waals surface area contributed by atoms with Gasteiger partial charge in [0.05, 0.1) is 26.4 Å². The summed E-state index contributed by atoms with van der Waals surface area (Å²) in [6.45, 7) is 9.57. The molecule has 3 N–H and O–H groups in total. The average Bonchev–Trinajstić information content (AvgIpc) is 2.25. The highest BCUT2D eigenvalue weighted by atomic mass is 31.2. The molecule has 0 aliphatic rings. The summed E-state index contributed by atoms with van der Waals surface area (Å²) in [5.74, 6) is -0.573. The molecule has 0 aromatic heterocycles. The van der Waals surface area contributed by atoms with Gasteiger partial charge in [0.1, 0.15) is 19.3 Å². The van der Waals surface area contributed by atoms with Crippen LogP contribution in [0.25, 0.3) is 0 Å². The molecule has 0 aromatic rings. The number of aliphatic hydroxyl groups is 1. The normalized spacial score (nSPS) is 14.4. The van der Waals surface area contributed by atoms with Crippen molar-refractivity contribution in [1.82, 2.24) is 0 Å². The van der Waals surface area contributed by atoms with Crippen LogP contribution in [0.5, 0.6) is 0 Å². The summed E-state index contributed by atoms with van der Waals surface area (Å²) in [6, 6.07) is 0. The Balaban J connectivity index is 5.25. The summed E-state index contributed by atoms with van der Waals surface area (Å²) in [7, 11) is -9.90. The molecule has 0 radical (unpaired) electrons. The molecule has 0 saturated heterocycles. The lowest BCUT2D eigenvalue weighted by atomic mass is 9.99. The molecule has 0 amide bonds. The van der Waals surface area contributed by atoms with Crippen LogP contribution in [-0.4, -0.2) is 96.7 Å². The number of esters is 4. The molecule has 0 bridgehead atoms. The molecule has 0 rings (SSSR count). The number of carbonyl (C=O) groups excluding carboxylic acids is 4. The Hall–Kier alpha value is -1.94. The third-order valence-corrected chi connectivity index (χ3v) is 19.2. The third kappa shape index (κ3) is 65.4. The number of hydrogen-bond acceptors (Lipinski definition) is 15. The van der Waals surface area contributed by atoms with Crippen LogP contribution >= 0.6 is 15.6 Å². The minimum atomic E-state index is -4.95. The largest absolute Gasteiger partial charge is 0.472 e. The maximum atomic E-state index is 13.1. The fourth-order valence-corrected chi connectivity index (χ4v) is 12.7. The number of unbranched alkanes of at least 4 members (excludes halogenated alkanes) is 41. The van der Waals surface area contributed by atoms with Crippen molar-refractivity contribution in [3.63, 3.8) is 0 Å². The first-order chi connectivity index (χ1) is 44.4. The zero-order valence-corrected chi connectivity index (χ0v) is 61.6. The van der Waals surface area contributed by atoms with Gasteiger partial charge in [0.2, 0.25) is 0 Å². The molecule has 0 heterocycles. The van der Waals surface area contributed by atoms with Crippen LogP contribution in [0, 0.1) is 11.8 Å². The molecular weight excluding hydrogens is 1210 g/mol. The van der Waals surface area contributed by atoms with Crippen LogP contribution in [0.2, 0.25) is 0 Å². The Labute approximate surface area is 562 Å². The van der Waals surface area contributed by atoms with Crippen molar-refractivity contribution < 1.29 is 80.2 Å². The lowest BCUT2D eigenvalue weighted by molar-refractivity contribution is -0.161. The second-order valence-corrected chi connectivity index (χ2v) is 30.0. The van der Waals surface area contributed by atoms with Gasteiger partial charge in [-0.2, -0.15) is 0 Å². The molecule has 19 heteroatoms. The van der Waals surface area contributed by atoms with Gasteiger partial charge in [0.25, 0.3) is 0 Å². The summed E-state index contributed by atoms with van der Waals surface area (Å²) >= 11 is 0. The van der Waals surface area contributed by atoms with E-state index in [-0.39, 0.29) is 25.7 Å². The van der Waals surface area contributed by atoms with Crippen molar-refractivity contribution in [2.75, 3.05) is 39.6 Å². The summed E-state index contributed by atoms with van der Waals surface area (Å²) < 4.78 is 68.4. The van der Waals surface area contributed by atoms with Gasteiger partial charge in [-0.1, -0.05) is 324 Å². The van der Waals surface area contributed by atoms with Crippen LogP contribution in [0.15, 0.2) is 0 Å². The van der Waals surface area contributed by atoms with E-state index in [1.165, 1.54) is 193 Å². The lowest BCUT2D eigenvalue weighted by Crippen LogP contribution is -2.30. The van der Waals surface area contributed by atoms with E-state index in [9.17, 15) is 43.2 Å². The van der Waals surface area contributed by atoms with E-state index < -0.39 is 97.5 Å². The molecule has 0 fully saturated rings. The second kappa shape index (κ2) is 65.0. The van der Waals surface area contributed by atoms with Gasteiger partial charge in [-0.25, -0.2) is 9.13 Å². The highest BCUT2D eigenvalue weighted by molar-refractivity contribution is 7.47. The molecule has 0 aliphatic carbocycles. The predicted molar refractivity (Wildman–Crippen MR) is 372 cm³/mol. The third-order valence-electron chi connectivity index (χ3n) is 17.3. The van der Waals surface area contributed by atoms with Crippen molar-refractivity contribution in [3.8, 4) is 0 Å². The van der Waals surface area contributed by atoms with Crippen LogP contribution in [0.4, 0.5) is 0 Å². The van der Waals surface area contributed by atoms with Crippen LogP contribution in [0.3, 0.4) is 0 Å². The molecular formula is C73H142O17P2. The summed E-state index contributed by atoms with van der Waals surface area (Å²) in [4.78, 5) is 72.7. The van der Waals surface area contributed by atoms with E-state index in [0.29, 0.717) is 25.7 Å². The zero-order chi connectivity index (χ0) is 67.9. The number of aliphatic hydroxyl groups excluding tert-OH is 1. The topological polar surface area (TPSA) is 237 Å². The molecule has 0 aliphatic heterocycles. The first kappa shape index (κ1) is 90.1. The predicted octanol–water partition coefficient (Wildman–Crippen LogP) is 21.2. The lowest BCUT2D eigenvalue weighted by Gasteiger charge is -2.21. The summed E-state index contributed by atoms with van der Waals surface area (Å²) in [5, 5.41) is 10.6. The van der Waals surface area contributed by atoms with Crippen LogP contribution in [0.1, 0.15) is 375 Å². The van der Waals surface area contributed by atoms with Crippen molar-refractivity contribution in [2.45, 2.75) is 394 Å². The summed E-state index contributed by atoms with van der Waals surface area (Å²) in [5.41, 5.74) is 0. The van der Waals surface area contributed by atoms with E-state index in [2.05, 4.69) is 41.5 Å². The number of carbonyl (C=O) groups is 4. The van der Waals surface area contributed by atoms with E-state index in [0.717, 1.165) is 102 Å². The van der Waals surface area contributed by atoms with E-state index in [1.807, 2.05) is 0 Å². The summed E-state index contributed by atoms with van der Waals surface area (Å²) in [6.07, 6.45) is 51.2. The van der Waals surface area contributed by atoms with Crippen molar-refractivity contribution >= 4 is 39.5 Å². The standard InChI is InChI=1S/C73H142O17P2/c1-7-10-12-14-16-18-20-21-22-23-24-25-33-39-45-51-57-72(77)89-68(62-84-71(76)56-50-44-38-32-27-26-30-36-42-48-54-66(6)9-3)63-87-91(79,80)85-59-67(74)60-86-92(81,82)88-64-69(61-83-70(75)55-49-43-37-31-19-17-15-13-11-8-2)90-73(78)58-52-46-40-34-28-29-35-41-47-53-65(4)5/h65-69,74H,7-64H2,1-6H3,(H,79,80)(H,81,82)/t66?,67-,68-,69-/m1/s1. The Morgan fingerprint density at radius 3 is 0.826 bits per heavy atom. The molecule has 6 atom stereocenters. The monoisotopic (exact) mass is 1350 g/mol. The van der Waals surface area contributed by atoms with Gasteiger partial charge in [-0.05, 0) is 37.5 Å². The van der Waals surface area contributed by atoms with Gasteiger partial charge in [-0.3, -0.25) is 37.3 Å². The first-order valence-electron chi connectivity index (χ1n) is 38.0. The molecule has 92 heavy (non-hydrogen) atoms. The quantitative estimate of drug-likeness (QED) is 0.0222. The minimum Gasteiger partial charge on any atom is -0.462 e. The van der Waals surface area contributed by atoms with Gasteiger partial charge in [0.15, 0.2) is 12.2 Å². The van der Waals surface area contributed by atoms with Crippen LogP contribution in [-0.2, 0) is 65.4 Å². The van der Waals surface area contributed by atoms with Gasteiger partial charge in [0, 0.05) is 25.7 Å². The van der Waals surface area contributed by atoms with Gasteiger partial charge >= 0.3 is 39.5 Å². The first-order valence-corrected chi connectivity index (χ1v) is 41.0. The number of rotatable bonds is 72. The minimum absolute atomic E-state index is 0.105. The van der Waals surface area contributed by atoms with Crippen LogP contribution < -0.4 is 0 Å². The SMILES string of the molecule is CCCCCCCCCCCCCCCCCCC(=O)O[C@H](COC(=O)CCCCCCCCCCCCC(C)CC)COP(=O)(O)OC[C@@H](O)COP(=O)(O)OC[C@@H](COC(=O)CCCCCCCCCCCC)OC(=O)CCCCCCCCCCCC(C)C. The molecule has 0 aromatic carbocycles. The van der Waals surface area contributed by atoms with E-state index in [4.69, 9.17) is 37.0 Å². The number of hydrogen-bond donors (Lipinski definition) is 3. The average molecular weight is 1350 g/mol. The smallest absolute Gasteiger partial charge is 0.462 e. The molecule has 17 nitrogen and oxygen atoms in total.